The molecule has 0 bridgehead atoms. The largest absolute Gasteiger partial charge is 0.478 e. The zero-order chi connectivity index (χ0) is 13.9. The third-order valence-electron chi connectivity index (χ3n) is 2.30. The van der Waals surface area contributed by atoms with Crippen LogP contribution >= 0.6 is 0 Å². The highest BCUT2D eigenvalue weighted by Crippen LogP contribution is 2.13. The van der Waals surface area contributed by atoms with Gasteiger partial charge in [0.25, 0.3) is 5.91 Å². The first-order valence-corrected chi connectivity index (χ1v) is 5.58. The lowest BCUT2D eigenvalue weighted by Crippen LogP contribution is -2.42. The van der Waals surface area contributed by atoms with Crippen LogP contribution in [-0.4, -0.2) is 45.7 Å². The van der Waals surface area contributed by atoms with Gasteiger partial charge >= 0.3 is 5.97 Å². The van der Waals surface area contributed by atoms with Crippen LogP contribution in [0.3, 0.4) is 0 Å². The van der Waals surface area contributed by atoms with Crippen LogP contribution in [0.5, 0.6) is 0 Å². The maximum atomic E-state index is 12.0. The number of amides is 1. The number of carbonyl (C=O) groups is 2. The van der Waals surface area contributed by atoms with Crippen molar-refractivity contribution >= 4 is 11.9 Å². The van der Waals surface area contributed by atoms with Crippen LogP contribution in [0, 0.1) is 0 Å². The molecule has 0 radical (unpaired) electrons. The first kappa shape index (κ1) is 14.2. The molecule has 0 aromatic carbocycles. The van der Waals surface area contributed by atoms with Gasteiger partial charge in [-0.05, 0) is 20.8 Å². The van der Waals surface area contributed by atoms with E-state index in [-0.39, 0.29) is 17.9 Å². The maximum Gasteiger partial charge on any atom is 0.338 e. The molecule has 0 aliphatic rings. The number of aromatic carboxylic acids is 1. The standard InChI is InChI=1S/C12H17NO5/c1-4-13(7-12(2,3)17)10(14)9-5-8(6-18-9)11(15)16/h5-6,17H,4,7H2,1-3H3,(H,15,16). The van der Waals surface area contributed by atoms with E-state index in [4.69, 9.17) is 9.52 Å². The molecule has 6 nitrogen and oxygen atoms in total. The van der Waals surface area contributed by atoms with Crippen molar-refractivity contribution in [2.75, 3.05) is 13.1 Å². The zero-order valence-corrected chi connectivity index (χ0v) is 10.6. The Morgan fingerprint density at radius 2 is 2.06 bits per heavy atom. The lowest BCUT2D eigenvalue weighted by molar-refractivity contribution is 0.0298. The van der Waals surface area contributed by atoms with Gasteiger partial charge in [-0.3, -0.25) is 4.79 Å². The molecule has 0 spiro atoms. The minimum Gasteiger partial charge on any atom is -0.478 e. The Bertz CT molecular complexity index is 444. The van der Waals surface area contributed by atoms with E-state index in [0.717, 1.165) is 6.26 Å². The van der Waals surface area contributed by atoms with Gasteiger partial charge in [0.15, 0.2) is 5.76 Å². The number of likely N-dealkylation sites (N-methyl/N-ethyl adjacent to an activating group) is 1. The van der Waals surface area contributed by atoms with Crippen LogP contribution in [0.15, 0.2) is 16.7 Å². The van der Waals surface area contributed by atoms with Crippen molar-refractivity contribution in [1.82, 2.24) is 4.90 Å². The van der Waals surface area contributed by atoms with Gasteiger partial charge in [-0.1, -0.05) is 0 Å². The van der Waals surface area contributed by atoms with Gasteiger partial charge in [-0.25, -0.2) is 4.79 Å². The fourth-order valence-corrected chi connectivity index (χ4v) is 1.51. The monoisotopic (exact) mass is 255 g/mol. The Kier molecular flexibility index (Phi) is 4.13. The third-order valence-corrected chi connectivity index (χ3v) is 2.30. The summed E-state index contributed by atoms with van der Waals surface area (Å²) in [7, 11) is 0. The van der Waals surface area contributed by atoms with Gasteiger partial charge in [0.2, 0.25) is 0 Å². The molecule has 18 heavy (non-hydrogen) atoms. The van der Waals surface area contributed by atoms with E-state index < -0.39 is 17.5 Å². The number of hydrogen-bond donors (Lipinski definition) is 2. The highest BCUT2D eigenvalue weighted by Gasteiger charge is 2.24. The first-order chi connectivity index (χ1) is 8.24. The fraction of sp³-hybridized carbons (Fsp3) is 0.500. The van der Waals surface area contributed by atoms with Gasteiger partial charge in [0, 0.05) is 19.2 Å². The smallest absolute Gasteiger partial charge is 0.338 e. The molecule has 100 valence electrons. The number of carboxylic acid groups (broad SMARTS) is 1. The van der Waals surface area contributed by atoms with Gasteiger partial charge in [-0.2, -0.15) is 0 Å². The van der Waals surface area contributed by atoms with Crippen LogP contribution in [0.2, 0.25) is 0 Å². The number of carboxylic acids is 1. The number of carbonyl (C=O) groups excluding carboxylic acids is 1. The highest BCUT2D eigenvalue weighted by molar-refractivity contribution is 5.95. The molecule has 1 rings (SSSR count). The summed E-state index contributed by atoms with van der Waals surface area (Å²) in [4.78, 5) is 24.1. The van der Waals surface area contributed by atoms with Crippen LogP contribution in [0.25, 0.3) is 0 Å². The van der Waals surface area contributed by atoms with Crippen molar-refractivity contribution in [3.8, 4) is 0 Å². The molecule has 1 heterocycles. The Hall–Kier alpha value is -1.82. The topological polar surface area (TPSA) is 91.0 Å². The summed E-state index contributed by atoms with van der Waals surface area (Å²) in [5.74, 6) is -1.63. The van der Waals surface area contributed by atoms with Gasteiger partial charge in [-0.15, -0.1) is 0 Å². The molecule has 0 atom stereocenters. The molecule has 0 fully saturated rings. The highest BCUT2D eigenvalue weighted by atomic mass is 16.4. The van der Waals surface area contributed by atoms with Crippen molar-refractivity contribution in [3.63, 3.8) is 0 Å². The zero-order valence-electron chi connectivity index (χ0n) is 10.6. The molecule has 1 amide bonds. The van der Waals surface area contributed by atoms with Gasteiger partial charge in [0.1, 0.15) is 6.26 Å². The van der Waals surface area contributed by atoms with Crippen LogP contribution in [0.1, 0.15) is 41.7 Å². The van der Waals surface area contributed by atoms with Crippen molar-refractivity contribution in [1.29, 1.82) is 0 Å². The fourth-order valence-electron chi connectivity index (χ4n) is 1.51. The Balaban J connectivity index is 2.86. The van der Waals surface area contributed by atoms with E-state index in [2.05, 4.69) is 0 Å². The van der Waals surface area contributed by atoms with E-state index in [0.29, 0.717) is 6.54 Å². The number of aliphatic hydroxyl groups is 1. The van der Waals surface area contributed by atoms with Crippen molar-refractivity contribution in [3.05, 3.63) is 23.7 Å². The number of rotatable bonds is 5. The summed E-state index contributed by atoms with van der Waals surface area (Å²) in [5.41, 5.74) is -1.09. The predicted molar refractivity (Wildman–Crippen MR) is 63.5 cm³/mol. The van der Waals surface area contributed by atoms with E-state index in [1.807, 2.05) is 0 Å². The van der Waals surface area contributed by atoms with Crippen molar-refractivity contribution < 1.29 is 24.2 Å². The summed E-state index contributed by atoms with van der Waals surface area (Å²) in [6.45, 7) is 5.49. The Labute approximate surface area is 105 Å². The third kappa shape index (κ3) is 3.59. The van der Waals surface area contributed by atoms with Crippen LogP contribution in [-0.2, 0) is 0 Å². The summed E-state index contributed by atoms with van der Waals surface area (Å²) in [5, 5.41) is 18.4. The van der Waals surface area contributed by atoms with Gasteiger partial charge in [0.05, 0.1) is 11.2 Å². The number of nitrogens with zero attached hydrogens (tertiary/aromatic N) is 1. The average molecular weight is 255 g/mol. The van der Waals surface area contributed by atoms with Crippen molar-refractivity contribution in [2.45, 2.75) is 26.4 Å². The average Bonchev–Trinajstić information content (AvgIpc) is 2.72. The minimum atomic E-state index is -1.15. The van der Waals surface area contributed by atoms with E-state index in [1.54, 1.807) is 20.8 Å². The molecular formula is C12H17NO5. The summed E-state index contributed by atoms with van der Waals surface area (Å²) < 4.78 is 4.93. The molecular weight excluding hydrogens is 238 g/mol. The Morgan fingerprint density at radius 1 is 1.44 bits per heavy atom. The minimum absolute atomic E-state index is 0.0431. The lowest BCUT2D eigenvalue weighted by atomic mass is 10.1. The molecule has 0 saturated carbocycles. The molecule has 0 unspecified atom stereocenters. The normalized spacial score (nSPS) is 11.3. The second-order valence-electron chi connectivity index (χ2n) is 4.64. The molecule has 1 aromatic rings. The SMILES string of the molecule is CCN(CC(C)(C)O)C(=O)c1cc(C(=O)O)co1. The van der Waals surface area contributed by atoms with Crippen LogP contribution in [0.4, 0.5) is 0 Å². The van der Waals surface area contributed by atoms with Crippen molar-refractivity contribution in [2.24, 2.45) is 0 Å². The summed E-state index contributed by atoms with van der Waals surface area (Å²) in [6, 6.07) is 1.18. The second kappa shape index (κ2) is 5.22. The number of hydrogen-bond acceptors (Lipinski definition) is 4. The second-order valence-corrected chi connectivity index (χ2v) is 4.64. The molecule has 0 saturated heterocycles. The maximum absolute atomic E-state index is 12.0. The molecule has 2 N–H and O–H groups in total. The van der Waals surface area contributed by atoms with E-state index >= 15 is 0 Å². The molecule has 6 heteroatoms. The molecule has 0 aliphatic carbocycles. The summed E-state index contributed by atoms with van der Waals surface area (Å²) in [6.07, 6.45) is 1.02. The predicted octanol–water partition coefficient (Wildman–Crippen LogP) is 1.21. The van der Waals surface area contributed by atoms with Gasteiger partial charge < -0.3 is 19.5 Å². The lowest BCUT2D eigenvalue weighted by Gasteiger charge is -2.27. The van der Waals surface area contributed by atoms with E-state index in [9.17, 15) is 14.7 Å². The number of furan rings is 1. The van der Waals surface area contributed by atoms with Crippen LogP contribution < -0.4 is 0 Å². The van der Waals surface area contributed by atoms with E-state index in [1.165, 1.54) is 11.0 Å². The quantitative estimate of drug-likeness (QED) is 0.825. The summed E-state index contributed by atoms with van der Waals surface area (Å²) >= 11 is 0. The Morgan fingerprint density at radius 3 is 2.44 bits per heavy atom. The molecule has 0 aliphatic heterocycles. The first-order valence-electron chi connectivity index (χ1n) is 5.58. The molecule has 1 aromatic heterocycles.